The zero-order valence-corrected chi connectivity index (χ0v) is 36.9. The molecule has 16 atom stereocenters. The highest BCUT2D eigenvalue weighted by Crippen LogP contribution is 2.38. The number of carbonyl (C=O) groups excluding carboxylic acids is 4. The molecule has 20 nitrogen and oxygen atoms in total. The standard InChI is InChI=1S/C39H63NO15.H3O4P/c1-21-18-27(16-17-41)35(36(48-10)29(52-25(5)42)19-30(45)49-22(2)14-12-11-13-15-28(21)44)54-38-33(46)32(40(8)9)34(23(3)51-38)53-31-20-39(7,55-26(6)43)37(47)24(4)50-31;1-5(2,3)4/h11-13,15,17,21-24,27-29,31-38,44,46-47H,14,16,18-20H2,1-10H3;(H3,1,2,3,4)/b12-11+,15-13+;/t21-,22-,23-,24+,27+,28+,29-,31+,32-,33-,34-,35+,36+,37+,38?,39-;/m1./s1. The first-order valence-corrected chi connectivity index (χ1v) is 21.3. The number of aldehydes is 1. The van der Waals surface area contributed by atoms with Gasteiger partial charge >= 0.3 is 25.7 Å². The first-order valence-electron chi connectivity index (χ1n) is 19.8. The van der Waals surface area contributed by atoms with Crippen molar-refractivity contribution in [2.24, 2.45) is 11.8 Å². The van der Waals surface area contributed by atoms with Crippen LogP contribution in [-0.4, -0.2) is 166 Å². The summed E-state index contributed by atoms with van der Waals surface area (Å²) >= 11 is 0. The van der Waals surface area contributed by atoms with Gasteiger partial charge in [-0.05, 0) is 60.0 Å². The van der Waals surface area contributed by atoms with Gasteiger partial charge in [-0.2, -0.15) is 0 Å². The summed E-state index contributed by atoms with van der Waals surface area (Å²) in [6.07, 6.45) is -4.47. The van der Waals surface area contributed by atoms with Gasteiger partial charge in [-0.25, -0.2) is 4.57 Å². The molecule has 0 aromatic heterocycles. The number of esters is 3. The van der Waals surface area contributed by atoms with Crippen LogP contribution in [0.25, 0.3) is 0 Å². The van der Waals surface area contributed by atoms with Crippen molar-refractivity contribution in [2.75, 3.05) is 21.2 Å². The number of allylic oxidation sites excluding steroid dienone is 2. The summed E-state index contributed by atoms with van der Waals surface area (Å²) in [4.78, 5) is 73.1. The molecule has 0 spiro atoms. The number of ether oxygens (including phenoxy) is 8. The molecule has 2 saturated heterocycles. The van der Waals surface area contributed by atoms with Gasteiger partial charge in [0.05, 0.1) is 36.9 Å². The summed E-state index contributed by atoms with van der Waals surface area (Å²) in [5, 5.41) is 33.9. The van der Waals surface area contributed by atoms with Gasteiger partial charge in [0.25, 0.3) is 0 Å². The third-order valence-electron chi connectivity index (χ3n) is 10.5. The molecule has 0 saturated carbocycles. The SMILES string of the molecule is CO[C@@H]1[C@@H](OC2O[C@H](C)[C@@H](O[C@H]3C[C@@](C)(OC(C)=O)[C@@H](O)[C@H](C)O3)[C@H](N(C)C)[C@H]2O)[C@@H](CC=O)C[C@@H](C)[C@@H](O)/C=C/C=C/C[C@@H](C)OC(=O)C[C@H]1OC(C)=O.O=P(O)(O)O. The van der Waals surface area contributed by atoms with E-state index in [2.05, 4.69) is 0 Å². The molecule has 0 aliphatic carbocycles. The molecule has 3 heterocycles. The van der Waals surface area contributed by atoms with Crippen molar-refractivity contribution >= 4 is 32.0 Å². The van der Waals surface area contributed by atoms with Crippen LogP contribution >= 0.6 is 7.82 Å². The van der Waals surface area contributed by atoms with Gasteiger partial charge in [-0.15, -0.1) is 0 Å². The van der Waals surface area contributed by atoms with Crippen LogP contribution in [-0.2, 0) is 61.6 Å². The topological polar surface area (TPSA) is 284 Å². The summed E-state index contributed by atoms with van der Waals surface area (Å²) in [7, 11) is 0.197. The molecule has 3 aliphatic rings. The molecule has 60 heavy (non-hydrogen) atoms. The number of aliphatic hydroxyl groups excluding tert-OH is 3. The van der Waals surface area contributed by atoms with Crippen molar-refractivity contribution in [1.82, 2.24) is 4.90 Å². The van der Waals surface area contributed by atoms with E-state index in [0.29, 0.717) is 12.7 Å². The molecule has 0 aromatic rings. The van der Waals surface area contributed by atoms with Crippen molar-refractivity contribution in [3.8, 4) is 0 Å². The number of rotatable bonds is 10. The van der Waals surface area contributed by atoms with Crippen LogP contribution in [0.3, 0.4) is 0 Å². The number of nitrogens with zero attached hydrogens (tertiary/aromatic N) is 1. The van der Waals surface area contributed by atoms with Gasteiger partial charge < -0.3 is 77.6 Å². The highest BCUT2D eigenvalue weighted by atomic mass is 31.2. The molecular weight excluding hydrogens is 817 g/mol. The van der Waals surface area contributed by atoms with Gasteiger partial charge in [0.1, 0.15) is 48.5 Å². The van der Waals surface area contributed by atoms with E-state index in [4.69, 9.17) is 57.1 Å². The van der Waals surface area contributed by atoms with E-state index < -0.39 is 129 Å². The van der Waals surface area contributed by atoms with Crippen LogP contribution in [0.4, 0.5) is 0 Å². The highest BCUT2D eigenvalue weighted by Gasteiger charge is 2.53. The third kappa shape index (κ3) is 16.9. The maximum Gasteiger partial charge on any atom is 0.466 e. The monoisotopic (exact) mass is 883 g/mol. The maximum absolute atomic E-state index is 13.2. The molecule has 3 aliphatic heterocycles. The van der Waals surface area contributed by atoms with Crippen molar-refractivity contribution in [2.45, 2.75) is 166 Å². The first-order chi connectivity index (χ1) is 27.8. The molecule has 0 amide bonds. The van der Waals surface area contributed by atoms with Crippen molar-refractivity contribution in [3.63, 3.8) is 0 Å². The van der Waals surface area contributed by atoms with Gasteiger partial charge in [0, 0.05) is 40.2 Å². The van der Waals surface area contributed by atoms with E-state index in [-0.39, 0.29) is 19.3 Å². The lowest BCUT2D eigenvalue weighted by molar-refractivity contribution is -0.344. The van der Waals surface area contributed by atoms with Crippen LogP contribution < -0.4 is 0 Å². The zero-order chi connectivity index (χ0) is 45.7. The van der Waals surface area contributed by atoms with Crippen LogP contribution in [0.2, 0.25) is 0 Å². The minimum Gasteiger partial charge on any atom is -0.462 e. The minimum absolute atomic E-state index is 0.00327. The molecule has 0 radical (unpaired) electrons. The second kappa shape index (κ2) is 24.2. The Morgan fingerprint density at radius 2 is 1.60 bits per heavy atom. The Bertz CT molecular complexity index is 1480. The van der Waals surface area contributed by atoms with Crippen molar-refractivity contribution in [3.05, 3.63) is 24.3 Å². The third-order valence-corrected chi connectivity index (χ3v) is 10.5. The van der Waals surface area contributed by atoms with E-state index in [1.165, 1.54) is 21.0 Å². The first kappa shape index (κ1) is 53.4. The Morgan fingerprint density at radius 1 is 0.967 bits per heavy atom. The fourth-order valence-corrected chi connectivity index (χ4v) is 7.76. The zero-order valence-electron chi connectivity index (χ0n) is 36.0. The number of cyclic esters (lactones) is 1. The van der Waals surface area contributed by atoms with Crippen LogP contribution in [0.5, 0.6) is 0 Å². The molecular formula is C39H66NO19P. The summed E-state index contributed by atoms with van der Waals surface area (Å²) in [6, 6.07) is -0.782. The van der Waals surface area contributed by atoms with Crippen molar-refractivity contribution < 1.29 is 91.6 Å². The fourth-order valence-electron chi connectivity index (χ4n) is 7.76. The Labute approximate surface area is 351 Å². The minimum atomic E-state index is -4.64. The number of carbonyl (C=O) groups is 4. The number of phosphoric acid groups is 1. The molecule has 3 rings (SSSR count). The number of likely N-dealkylation sites (N-methyl/N-ethyl adjacent to an activating group) is 1. The smallest absolute Gasteiger partial charge is 0.462 e. The fraction of sp³-hybridized carbons (Fsp3) is 0.795. The second-order valence-electron chi connectivity index (χ2n) is 16.0. The van der Waals surface area contributed by atoms with E-state index in [9.17, 15) is 34.5 Å². The molecule has 6 N–H and O–H groups in total. The van der Waals surface area contributed by atoms with Crippen LogP contribution in [0, 0.1) is 11.8 Å². The van der Waals surface area contributed by atoms with E-state index in [1.807, 2.05) is 6.92 Å². The lowest BCUT2D eigenvalue weighted by Gasteiger charge is -2.50. The Hall–Kier alpha value is -2.69. The molecule has 2 fully saturated rings. The van der Waals surface area contributed by atoms with E-state index in [0.717, 1.165) is 0 Å². The summed E-state index contributed by atoms with van der Waals surface area (Å²) < 4.78 is 57.0. The normalized spacial score (nSPS) is 39.6. The molecule has 21 heteroatoms. The second-order valence-corrected chi connectivity index (χ2v) is 17.0. The number of aliphatic hydroxyl groups is 3. The van der Waals surface area contributed by atoms with Gasteiger partial charge in [0.2, 0.25) is 0 Å². The van der Waals surface area contributed by atoms with E-state index in [1.54, 1.807) is 71.0 Å². The number of hydrogen-bond donors (Lipinski definition) is 6. The predicted octanol–water partition coefficient (Wildman–Crippen LogP) is 1.06. The Kier molecular flexibility index (Phi) is 21.6. The molecule has 1 unspecified atom stereocenters. The highest BCUT2D eigenvalue weighted by molar-refractivity contribution is 7.45. The quantitative estimate of drug-likeness (QED) is 0.0774. The summed E-state index contributed by atoms with van der Waals surface area (Å²) in [5.41, 5.74) is -1.31. The molecule has 346 valence electrons. The summed E-state index contributed by atoms with van der Waals surface area (Å²) in [6.45, 7) is 10.9. The number of hydrogen-bond acceptors (Lipinski definition) is 17. The number of methoxy groups -OCH3 is 1. The van der Waals surface area contributed by atoms with E-state index >= 15 is 0 Å². The van der Waals surface area contributed by atoms with Crippen LogP contribution in [0.1, 0.15) is 80.6 Å². The average molecular weight is 884 g/mol. The Morgan fingerprint density at radius 3 is 2.15 bits per heavy atom. The lowest BCUT2D eigenvalue weighted by atomic mass is 9.82. The predicted molar refractivity (Wildman–Crippen MR) is 210 cm³/mol. The Balaban J connectivity index is 0.00000233. The average Bonchev–Trinajstić information content (AvgIpc) is 3.10. The summed E-state index contributed by atoms with van der Waals surface area (Å²) in [5.74, 6) is -3.02. The van der Waals surface area contributed by atoms with Gasteiger partial charge in [-0.1, -0.05) is 31.2 Å². The van der Waals surface area contributed by atoms with Crippen LogP contribution in [0.15, 0.2) is 24.3 Å². The maximum atomic E-state index is 13.2. The lowest BCUT2D eigenvalue weighted by Crippen LogP contribution is -2.66. The molecule has 0 bridgehead atoms. The van der Waals surface area contributed by atoms with Crippen molar-refractivity contribution in [1.29, 1.82) is 0 Å². The van der Waals surface area contributed by atoms with Gasteiger partial charge in [-0.3, -0.25) is 14.4 Å². The largest absolute Gasteiger partial charge is 0.466 e. The van der Waals surface area contributed by atoms with Gasteiger partial charge in [0.15, 0.2) is 12.6 Å². The molecule has 0 aromatic carbocycles.